The first-order valence-corrected chi connectivity index (χ1v) is 7.94. The molecule has 1 atom stereocenters. The summed E-state index contributed by atoms with van der Waals surface area (Å²) in [6, 6.07) is 0. The smallest absolute Gasteiger partial charge is 0.0638 e. The molecule has 2 N–H and O–H groups in total. The molecule has 0 aromatic heterocycles. The van der Waals surface area contributed by atoms with E-state index >= 15 is 0 Å². The topological polar surface area (TPSA) is 38.4 Å². The number of rotatable bonds is 9. The molecule has 116 valence electrons. The fourth-order valence-electron chi connectivity index (χ4n) is 2.04. The minimum Gasteiger partial charge on any atom is -0.322 e. The predicted octanol–water partition coefficient (Wildman–Crippen LogP) is 4.90. The minimum absolute atomic E-state index is 0.228. The predicted molar refractivity (Wildman–Crippen MR) is 92.4 cm³/mol. The lowest BCUT2D eigenvalue weighted by Crippen LogP contribution is -2.36. The van der Waals surface area contributed by atoms with Crippen LogP contribution >= 0.6 is 0 Å². The molecule has 0 rings (SSSR count). The summed E-state index contributed by atoms with van der Waals surface area (Å²) >= 11 is 0. The lowest BCUT2D eigenvalue weighted by atomic mass is 9.90. The third-order valence-electron chi connectivity index (χ3n) is 4.19. The van der Waals surface area contributed by atoms with E-state index in [0.29, 0.717) is 12.5 Å². The average Bonchev–Trinajstić information content (AvgIpc) is 2.42. The van der Waals surface area contributed by atoms with Gasteiger partial charge in [0.05, 0.1) is 6.54 Å². The third kappa shape index (κ3) is 7.04. The molecule has 0 saturated heterocycles. The zero-order chi connectivity index (χ0) is 15.8. The average molecular weight is 278 g/mol. The molecular weight excluding hydrogens is 244 g/mol. The molecule has 0 aliphatic carbocycles. The molecule has 0 fully saturated rings. The van der Waals surface area contributed by atoms with Crippen molar-refractivity contribution in [3.63, 3.8) is 0 Å². The second-order valence-corrected chi connectivity index (χ2v) is 6.16. The summed E-state index contributed by atoms with van der Waals surface area (Å²) < 4.78 is 0. The molecule has 2 nitrogen and oxygen atoms in total. The van der Waals surface area contributed by atoms with Crippen molar-refractivity contribution in [2.24, 2.45) is 16.6 Å². The molecule has 20 heavy (non-hydrogen) atoms. The van der Waals surface area contributed by atoms with E-state index in [1.165, 1.54) is 17.7 Å². The summed E-state index contributed by atoms with van der Waals surface area (Å²) in [5.74, 6) is 0.705. The Hall–Kier alpha value is -0.890. The molecule has 0 heterocycles. The van der Waals surface area contributed by atoms with Crippen LogP contribution in [0.25, 0.3) is 0 Å². The van der Waals surface area contributed by atoms with Crippen LogP contribution in [-0.4, -0.2) is 17.8 Å². The first-order chi connectivity index (χ1) is 9.27. The van der Waals surface area contributed by atoms with Gasteiger partial charge in [0.1, 0.15) is 0 Å². The summed E-state index contributed by atoms with van der Waals surface area (Å²) in [6.45, 7) is 17.7. The van der Waals surface area contributed by atoms with E-state index in [9.17, 15) is 0 Å². The maximum Gasteiger partial charge on any atom is 0.0638 e. The van der Waals surface area contributed by atoms with Gasteiger partial charge in [-0.25, -0.2) is 0 Å². The zero-order valence-corrected chi connectivity index (χ0v) is 14.4. The minimum atomic E-state index is -0.228. The highest BCUT2D eigenvalue weighted by atomic mass is 14.7. The maximum atomic E-state index is 6.38. The van der Waals surface area contributed by atoms with E-state index in [-0.39, 0.29) is 5.54 Å². The van der Waals surface area contributed by atoms with Crippen LogP contribution in [0.3, 0.4) is 0 Å². The van der Waals surface area contributed by atoms with Crippen LogP contribution in [0.2, 0.25) is 0 Å². The van der Waals surface area contributed by atoms with Crippen molar-refractivity contribution in [2.45, 2.75) is 72.8 Å². The number of hydrogen-bond donors (Lipinski definition) is 1. The van der Waals surface area contributed by atoms with E-state index in [0.717, 1.165) is 24.8 Å². The molecule has 0 spiro atoms. The van der Waals surface area contributed by atoms with Gasteiger partial charge in [-0.05, 0) is 44.6 Å². The van der Waals surface area contributed by atoms with Gasteiger partial charge in [-0.1, -0.05) is 52.3 Å². The molecular formula is C18H34N2. The highest BCUT2D eigenvalue weighted by Gasteiger charge is 2.18. The van der Waals surface area contributed by atoms with Crippen LogP contribution in [0.1, 0.15) is 67.2 Å². The first kappa shape index (κ1) is 19.1. The number of hydrogen-bond acceptors (Lipinski definition) is 2. The molecule has 0 aromatic rings. The highest BCUT2D eigenvalue weighted by molar-refractivity contribution is 5.82. The number of nitrogens with zero attached hydrogens (tertiary/aromatic N) is 1. The molecule has 0 saturated carbocycles. The SMILES string of the molecule is C=C(C)C(=CC(N)(CC)CC)C/N=C(/C)CC(C)CC. The van der Waals surface area contributed by atoms with Crippen molar-refractivity contribution in [1.29, 1.82) is 0 Å². The fraction of sp³-hybridized carbons (Fsp3) is 0.722. The van der Waals surface area contributed by atoms with Gasteiger partial charge in [0.15, 0.2) is 0 Å². The Morgan fingerprint density at radius 1 is 1.25 bits per heavy atom. The van der Waals surface area contributed by atoms with Crippen molar-refractivity contribution in [3.05, 3.63) is 23.8 Å². The normalized spacial score (nSPS) is 15.3. The molecule has 0 aliphatic rings. The Morgan fingerprint density at radius 2 is 1.80 bits per heavy atom. The molecule has 0 aliphatic heterocycles. The lowest BCUT2D eigenvalue weighted by molar-refractivity contribution is 0.490. The van der Waals surface area contributed by atoms with Crippen molar-refractivity contribution >= 4 is 5.71 Å². The maximum absolute atomic E-state index is 6.38. The third-order valence-corrected chi connectivity index (χ3v) is 4.19. The van der Waals surface area contributed by atoms with Gasteiger partial charge in [-0.15, -0.1) is 0 Å². The summed E-state index contributed by atoms with van der Waals surface area (Å²) in [7, 11) is 0. The summed E-state index contributed by atoms with van der Waals surface area (Å²) in [4.78, 5) is 4.72. The van der Waals surface area contributed by atoms with Gasteiger partial charge in [-0.3, -0.25) is 4.99 Å². The van der Waals surface area contributed by atoms with E-state index in [2.05, 4.69) is 47.3 Å². The summed E-state index contributed by atoms with van der Waals surface area (Å²) in [5.41, 5.74) is 9.63. The van der Waals surface area contributed by atoms with Crippen LogP contribution in [0.5, 0.6) is 0 Å². The van der Waals surface area contributed by atoms with Crippen LogP contribution in [0, 0.1) is 5.92 Å². The monoisotopic (exact) mass is 278 g/mol. The zero-order valence-electron chi connectivity index (χ0n) is 14.4. The van der Waals surface area contributed by atoms with Gasteiger partial charge < -0.3 is 5.73 Å². The number of nitrogens with two attached hydrogens (primary N) is 1. The number of aliphatic imine (C=N–C) groups is 1. The van der Waals surface area contributed by atoms with Crippen molar-refractivity contribution in [1.82, 2.24) is 0 Å². The second kappa shape index (κ2) is 9.12. The Kier molecular flexibility index (Phi) is 8.71. The van der Waals surface area contributed by atoms with Gasteiger partial charge in [0, 0.05) is 11.3 Å². The van der Waals surface area contributed by atoms with E-state index in [1.54, 1.807) is 0 Å². The molecule has 0 radical (unpaired) electrons. The Labute approximate surface area is 126 Å². The van der Waals surface area contributed by atoms with Crippen molar-refractivity contribution in [2.75, 3.05) is 6.54 Å². The molecule has 0 amide bonds. The molecule has 0 bridgehead atoms. The Morgan fingerprint density at radius 3 is 2.20 bits per heavy atom. The van der Waals surface area contributed by atoms with E-state index in [4.69, 9.17) is 10.7 Å². The molecule has 1 unspecified atom stereocenters. The lowest BCUT2D eigenvalue weighted by Gasteiger charge is -2.24. The van der Waals surface area contributed by atoms with Gasteiger partial charge in [-0.2, -0.15) is 0 Å². The standard InChI is InChI=1S/C18H34N2/c1-8-15(6)11-16(7)20-13-17(14(4)5)12-18(19,9-2)10-3/h12,15H,4,8-11,13,19H2,1-3,5-7H3/b17-12?,20-16-. The summed E-state index contributed by atoms with van der Waals surface area (Å²) in [6.07, 6.45) is 6.34. The van der Waals surface area contributed by atoms with Crippen LogP contribution in [0.4, 0.5) is 0 Å². The Balaban J connectivity index is 4.93. The molecule has 0 aromatic carbocycles. The van der Waals surface area contributed by atoms with Gasteiger partial charge in [0.2, 0.25) is 0 Å². The van der Waals surface area contributed by atoms with E-state index in [1.807, 2.05) is 6.92 Å². The first-order valence-electron chi connectivity index (χ1n) is 7.94. The second-order valence-electron chi connectivity index (χ2n) is 6.16. The van der Waals surface area contributed by atoms with Gasteiger partial charge >= 0.3 is 0 Å². The Bertz CT molecular complexity index is 360. The molecule has 2 heteroatoms. The van der Waals surface area contributed by atoms with Crippen LogP contribution < -0.4 is 5.73 Å². The summed E-state index contributed by atoms with van der Waals surface area (Å²) in [5, 5.41) is 0. The fourth-order valence-corrected chi connectivity index (χ4v) is 2.04. The van der Waals surface area contributed by atoms with Crippen molar-refractivity contribution in [3.8, 4) is 0 Å². The van der Waals surface area contributed by atoms with E-state index < -0.39 is 0 Å². The largest absolute Gasteiger partial charge is 0.322 e. The quantitative estimate of drug-likeness (QED) is 0.472. The van der Waals surface area contributed by atoms with Crippen LogP contribution in [0.15, 0.2) is 28.8 Å². The van der Waals surface area contributed by atoms with Crippen molar-refractivity contribution < 1.29 is 0 Å². The van der Waals surface area contributed by atoms with Crippen LogP contribution in [-0.2, 0) is 0 Å². The highest BCUT2D eigenvalue weighted by Crippen LogP contribution is 2.19. The van der Waals surface area contributed by atoms with Gasteiger partial charge in [0.25, 0.3) is 0 Å².